The Morgan fingerprint density at radius 1 is 1.09 bits per heavy atom. The first kappa shape index (κ1) is 19.8. The molecule has 5 rings (SSSR count). The monoisotopic (exact) mass is 428 g/mol. The lowest BCUT2D eigenvalue weighted by Crippen LogP contribution is -2.29. The number of likely N-dealkylation sites (tertiary alicyclic amines) is 1. The van der Waals surface area contributed by atoms with Crippen molar-refractivity contribution >= 4 is 17.4 Å². The Kier molecular flexibility index (Phi) is 4.86. The number of carbonyl (C=O) groups is 2. The van der Waals surface area contributed by atoms with Gasteiger partial charge in [0.1, 0.15) is 5.76 Å². The van der Waals surface area contributed by atoms with Gasteiger partial charge in [0.05, 0.1) is 11.6 Å². The van der Waals surface area contributed by atoms with Crippen LogP contribution < -0.4 is 9.47 Å². The van der Waals surface area contributed by atoms with E-state index in [0.29, 0.717) is 22.6 Å². The number of hydrogen-bond donors (Lipinski definition) is 1. The largest absolute Gasteiger partial charge is 0.507 e. The molecule has 1 N–H and O–H groups in total. The molecule has 2 aliphatic rings. The molecule has 1 atom stereocenters. The zero-order valence-electron chi connectivity index (χ0n) is 17.3. The number of hydrogen-bond acceptors (Lipinski definition) is 6. The second-order valence-corrected chi connectivity index (χ2v) is 7.77. The van der Waals surface area contributed by atoms with Gasteiger partial charge in [0, 0.05) is 24.5 Å². The van der Waals surface area contributed by atoms with Gasteiger partial charge in [0.25, 0.3) is 11.7 Å². The van der Waals surface area contributed by atoms with Gasteiger partial charge in [0.2, 0.25) is 6.79 Å². The van der Waals surface area contributed by atoms with Gasteiger partial charge in [-0.15, -0.1) is 0 Å². The van der Waals surface area contributed by atoms with Crippen molar-refractivity contribution < 1.29 is 24.2 Å². The van der Waals surface area contributed by atoms with E-state index in [9.17, 15) is 14.7 Å². The molecule has 1 aromatic heterocycles. The predicted molar refractivity (Wildman–Crippen MR) is 116 cm³/mol. The highest BCUT2D eigenvalue weighted by Gasteiger charge is 2.46. The Hall–Kier alpha value is -4.13. The average Bonchev–Trinajstić information content (AvgIpc) is 3.37. The summed E-state index contributed by atoms with van der Waals surface area (Å²) < 4.78 is 10.9. The minimum absolute atomic E-state index is 0.0432. The minimum atomic E-state index is -0.786. The average molecular weight is 428 g/mol. The first-order valence-electron chi connectivity index (χ1n) is 10.2. The number of nitrogens with zero attached hydrogens (tertiary/aromatic N) is 2. The maximum atomic E-state index is 13.1. The van der Waals surface area contributed by atoms with Gasteiger partial charge in [-0.3, -0.25) is 14.6 Å². The van der Waals surface area contributed by atoms with Crippen LogP contribution in [0.4, 0.5) is 0 Å². The van der Waals surface area contributed by atoms with E-state index < -0.39 is 17.7 Å². The summed E-state index contributed by atoms with van der Waals surface area (Å²) in [7, 11) is 0. The third-order valence-corrected chi connectivity index (χ3v) is 5.65. The second kappa shape index (κ2) is 7.85. The zero-order chi connectivity index (χ0) is 22.2. The molecule has 7 nitrogen and oxygen atoms in total. The molecule has 0 unspecified atom stereocenters. The molecule has 160 valence electrons. The fourth-order valence-electron chi connectivity index (χ4n) is 4.03. The highest BCUT2D eigenvalue weighted by atomic mass is 16.7. The fourth-order valence-corrected chi connectivity index (χ4v) is 4.03. The van der Waals surface area contributed by atoms with Crippen LogP contribution >= 0.6 is 0 Å². The van der Waals surface area contributed by atoms with Gasteiger partial charge in [-0.1, -0.05) is 42.0 Å². The smallest absolute Gasteiger partial charge is 0.295 e. The Labute approximate surface area is 184 Å². The Balaban J connectivity index is 1.65. The van der Waals surface area contributed by atoms with Crippen LogP contribution in [0.1, 0.15) is 28.3 Å². The molecule has 2 aliphatic heterocycles. The van der Waals surface area contributed by atoms with Crippen LogP contribution in [-0.2, 0) is 16.1 Å². The molecule has 32 heavy (non-hydrogen) atoms. The van der Waals surface area contributed by atoms with Crippen LogP contribution in [0.25, 0.3) is 5.76 Å². The van der Waals surface area contributed by atoms with E-state index in [2.05, 4.69) is 4.98 Å². The van der Waals surface area contributed by atoms with Gasteiger partial charge in [-0.05, 0) is 36.2 Å². The molecule has 0 radical (unpaired) electrons. The summed E-state index contributed by atoms with van der Waals surface area (Å²) in [5.74, 6) is -0.485. The SMILES string of the molecule is Cc1ccc(C(O)=C2C(=O)C(=O)N(Cc3cccnc3)[C@H]2c2ccc3c(c2)OCO3)cc1. The van der Waals surface area contributed by atoms with Gasteiger partial charge in [-0.25, -0.2) is 0 Å². The first-order valence-corrected chi connectivity index (χ1v) is 10.2. The molecule has 0 aliphatic carbocycles. The number of pyridine rings is 1. The zero-order valence-corrected chi connectivity index (χ0v) is 17.3. The number of carbonyl (C=O) groups excluding carboxylic acids is 2. The molecule has 0 spiro atoms. The van der Waals surface area contributed by atoms with Gasteiger partial charge in [-0.2, -0.15) is 0 Å². The fraction of sp³-hybridized carbons (Fsp3) is 0.160. The standard InChI is InChI=1S/C25H20N2O5/c1-15-4-6-17(7-5-15)23(28)21-22(18-8-9-19-20(11-18)32-14-31-19)27(25(30)24(21)29)13-16-3-2-10-26-12-16/h2-12,22,28H,13-14H2,1H3/t22-/m0/s1. The summed E-state index contributed by atoms with van der Waals surface area (Å²) in [4.78, 5) is 31.8. The highest BCUT2D eigenvalue weighted by molar-refractivity contribution is 6.46. The highest BCUT2D eigenvalue weighted by Crippen LogP contribution is 2.43. The summed E-state index contributed by atoms with van der Waals surface area (Å²) in [6, 6.07) is 15.2. The lowest BCUT2D eigenvalue weighted by molar-refractivity contribution is -0.140. The number of ether oxygens (including phenoxy) is 2. The third-order valence-electron chi connectivity index (χ3n) is 5.65. The molecule has 1 amide bonds. The van der Waals surface area contributed by atoms with Crippen LogP contribution in [0.5, 0.6) is 11.5 Å². The molecule has 7 heteroatoms. The van der Waals surface area contributed by atoms with Gasteiger partial charge in [0.15, 0.2) is 11.5 Å². The molecular weight excluding hydrogens is 408 g/mol. The number of aliphatic hydroxyl groups is 1. The van der Waals surface area contributed by atoms with E-state index in [1.165, 1.54) is 4.90 Å². The topological polar surface area (TPSA) is 89.0 Å². The van der Waals surface area contributed by atoms with Crippen molar-refractivity contribution in [3.05, 3.63) is 94.8 Å². The van der Waals surface area contributed by atoms with Crippen molar-refractivity contribution in [3.8, 4) is 11.5 Å². The van der Waals surface area contributed by atoms with Crippen LogP contribution in [0.3, 0.4) is 0 Å². The number of ketones is 1. The van der Waals surface area contributed by atoms with Crippen molar-refractivity contribution in [3.63, 3.8) is 0 Å². The molecule has 0 bridgehead atoms. The van der Waals surface area contributed by atoms with E-state index in [4.69, 9.17) is 9.47 Å². The molecular formula is C25H20N2O5. The number of amides is 1. The van der Waals surface area contributed by atoms with Crippen molar-refractivity contribution in [1.29, 1.82) is 0 Å². The van der Waals surface area contributed by atoms with Gasteiger partial charge < -0.3 is 19.5 Å². The van der Waals surface area contributed by atoms with Crippen LogP contribution in [0.2, 0.25) is 0 Å². The van der Waals surface area contributed by atoms with Gasteiger partial charge >= 0.3 is 0 Å². The summed E-state index contributed by atoms with van der Waals surface area (Å²) in [5.41, 5.74) is 2.95. The molecule has 1 saturated heterocycles. The number of fused-ring (bicyclic) bond motifs is 1. The van der Waals surface area contributed by atoms with Crippen molar-refractivity contribution in [1.82, 2.24) is 9.88 Å². The minimum Gasteiger partial charge on any atom is -0.507 e. The summed E-state index contributed by atoms with van der Waals surface area (Å²) in [5, 5.41) is 11.1. The van der Waals surface area contributed by atoms with E-state index in [-0.39, 0.29) is 24.7 Å². The summed E-state index contributed by atoms with van der Waals surface area (Å²) >= 11 is 0. The quantitative estimate of drug-likeness (QED) is 0.387. The Morgan fingerprint density at radius 2 is 1.88 bits per heavy atom. The van der Waals surface area contributed by atoms with Crippen LogP contribution in [-0.4, -0.2) is 33.5 Å². The lowest BCUT2D eigenvalue weighted by atomic mass is 9.94. The van der Waals surface area contributed by atoms with E-state index in [0.717, 1.165) is 11.1 Å². The number of Topliss-reactive ketones (excluding diaryl/α,β-unsaturated/α-hetero) is 1. The predicted octanol–water partition coefficient (Wildman–Crippen LogP) is 3.74. The van der Waals surface area contributed by atoms with E-state index in [1.807, 2.05) is 25.1 Å². The maximum absolute atomic E-state index is 13.1. The number of aryl methyl sites for hydroxylation is 1. The Morgan fingerprint density at radius 3 is 2.62 bits per heavy atom. The molecule has 3 heterocycles. The maximum Gasteiger partial charge on any atom is 0.295 e. The summed E-state index contributed by atoms with van der Waals surface area (Å²) in [6.45, 7) is 2.21. The molecule has 1 fully saturated rings. The van der Waals surface area contributed by atoms with E-state index >= 15 is 0 Å². The number of aromatic nitrogens is 1. The third kappa shape index (κ3) is 3.37. The summed E-state index contributed by atoms with van der Waals surface area (Å²) in [6.07, 6.45) is 3.29. The number of rotatable bonds is 4. The second-order valence-electron chi connectivity index (χ2n) is 7.77. The van der Waals surface area contributed by atoms with E-state index in [1.54, 1.807) is 48.8 Å². The molecule has 2 aromatic carbocycles. The molecule has 3 aromatic rings. The number of benzene rings is 2. The van der Waals surface area contributed by atoms with Crippen molar-refractivity contribution in [2.75, 3.05) is 6.79 Å². The van der Waals surface area contributed by atoms with Crippen LogP contribution in [0, 0.1) is 6.92 Å². The van der Waals surface area contributed by atoms with Crippen molar-refractivity contribution in [2.24, 2.45) is 0 Å². The lowest BCUT2D eigenvalue weighted by Gasteiger charge is -2.25. The van der Waals surface area contributed by atoms with Crippen molar-refractivity contribution in [2.45, 2.75) is 19.5 Å². The number of aliphatic hydroxyl groups excluding tert-OH is 1. The first-order chi connectivity index (χ1) is 15.5. The normalized spacial score (nSPS) is 18.9. The Bertz CT molecular complexity index is 1230. The molecule has 0 saturated carbocycles. The van der Waals surface area contributed by atoms with Crippen LogP contribution in [0.15, 0.2) is 72.6 Å².